The van der Waals surface area contributed by atoms with E-state index >= 15 is 0 Å². The molecule has 0 atom stereocenters. The Bertz CT molecular complexity index is 1010. The van der Waals surface area contributed by atoms with Crippen molar-refractivity contribution in [2.45, 2.75) is 20.0 Å². The van der Waals surface area contributed by atoms with Crippen LogP contribution in [-0.2, 0) is 13.1 Å². The molecule has 2 N–H and O–H groups in total. The Labute approximate surface area is 187 Å². The second-order valence-corrected chi connectivity index (χ2v) is 7.79. The van der Waals surface area contributed by atoms with Crippen molar-refractivity contribution in [1.29, 1.82) is 0 Å². The highest BCUT2D eigenvalue weighted by atomic mass is 32.1. The second kappa shape index (κ2) is 10.7. The fraction of sp³-hybridized carbons (Fsp3) is 0.304. The van der Waals surface area contributed by atoms with Crippen LogP contribution < -0.4 is 24.8 Å². The summed E-state index contributed by atoms with van der Waals surface area (Å²) in [7, 11) is 6.56. The van der Waals surface area contributed by atoms with Crippen molar-refractivity contribution in [1.82, 2.24) is 15.6 Å². The van der Waals surface area contributed by atoms with Crippen LogP contribution >= 0.6 is 11.3 Å². The molecule has 3 aromatic rings. The van der Waals surface area contributed by atoms with E-state index in [0.717, 1.165) is 21.8 Å². The predicted octanol–water partition coefficient (Wildman–Crippen LogP) is 4.01. The molecule has 1 heterocycles. The first-order chi connectivity index (χ1) is 15.1. The monoisotopic (exact) mass is 440 g/mol. The Morgan fingerprint density at radius 3 is 2.19 bits per heavy atom. The van der Waals surface area contributed by atoms with E-state index in [4.69, 9.17) is 19.2 Å². The molecule has 0 aliphatic rings. The number of hydrogen-bond donors (Lipinski definition) is 2. The van der Waals surface area contributed by atoms with Gasteiger partial charge in [0.15, 0.2) is 17.5 Å². The van der Waals surface area contributed by atoms with Crippen LogP contribution in [0.25, 0.3) is 10.6 Å². The van der Waals surface area contributed by atoms with E-state index < -0.39 is 0 Å². The molecule has 2 aromatic carbocycles. The van der Waals surface area contributed by atoms with E-state index in [1.165, 1.54) is 4.88 Å². The predicted molar refractivity (Wildman–Crippen MR) is 125 cm³/mol. The van der Waals surface area contributed by atoms with Crippen LogP contribution in [0.4, 0.5) is 0 Å². The fourth-order valence-corrected chi connectivity index (χ4v) is 4.11. The zero-order chi connectivity index (χ0) is 22.2. The Morgan fingerprint density at radius 1 is 0.968 bits per heavy atom. The van der Waals surface area contributed by atoms with Crippen molar-refractivity contribution < 1.29 is 14.2 Å². The number of aromatic nitrogens is 1. The number of guanidine groups is 1. The number of hydrogen-bond acceptors (Lipinski definition) is 6. The largest absolute Gasteiger partial charge is 0.493 e. The summed E-state index contributed by atoms with van der Waals surface area (Å²) < 4.78 is 16.2. The Hall–Kier alpha value is -3.26. The van der Waals surface area contributed by atoms with Gasteiger partial charge in [-0.25, -0.2) is 4.98 Å². The number of aryl methyl sites for hydroxylation is 1. The van der Waals surface area contributed by atoms with Crippen LogP contribution in [0.2, 0.25) is 0 Å². The molecule has 0 amide bonds. The third kappa shape index (κ3) is 5.46. The molecule has 0 unspecified atom stereocenters. The lowest BCUT2D eigenvalue weighted by atomic mass is 10.2. The van der Waals surface area contributed by atoms with Crippen molar-refractivity contribution in [3.8, 4) is 27.8 Å². The number of thiazole rings is 1. The molecular weight excluding hydrogens is 412 g/mol. The van der Waals surface area contributed by atoms with Gasteiger partial charge < -0.3 is 24.8 Å². The number of nitrogens with zero attached hydrogens (tertiary/aromatic N) is 2. The first-order valence-electron chi connectivity index (χ1n) is 9.84. The van der Waals surface area contributed by atoms with Gasteiger partial charge in [-0.05, 0) is 24.6 Å². The quantitative estimate of drug-likeness (QED) is 0.407. The van der Waals surface area contributed by atoms with Gasteiger partial charge in [0.25, 0.3) is 0 Å². The molecule has 0 aliphatic carbocycles. The van der Waals surface area contributed by atoms with Crippen LogP contribution in [0.3, 0.4) is 0 Å². The van der Waals surface area contributed by atoms with Crippen molar-refractivity contribution >= 4 is 17.3 Å². The third-order valence-corrected chi connectivity index (χ3v) is 5.94. The smallest absolute Gasteiger partial charge is 0.203 e. The first-order valence-corrected chi connectivity index (χ1v) is 10.7. The number of nitrogens with one attached hydrogen (secondary N) is 2. The van der Waals surface area contributed by atoms with E-state index in [2.05, 4.69) is 27.8 Å². The van der Waals surface area contributed by atoms with Crippen molar-refractivity contribution in [3.63, 3.8) is 0 Å². The normalized spacial score (nSPS) is 11.2. The highest BCUT2D eigenvalue weighted by Gasteiger charge is 2.14. The zero-order valence-corrected chi connectivity index (χ0v) is 19.3. The van der Waals surface area contributed by atoms with Crippen LogP contribution in [0.1, 0.15) is 16.1 Å². The summed E-state index contributed by atoms with van der Waals surface area (Å²) in [5.41, 5.74) is 3.14. The molecule has 7 nitrogen and oxygen atoms in total. The summed E-state index contributed by atoms with van der Waals surface area (Å²) in [5, 5.41) is 7.71. The minimum absolute atomic E-state index is 0.549. The maximum absolute atomic E-state index is 5.43. The average Bonchev–Trinajstić information content (AvgIpc) is 3.19. The molecule has 8 heteroatoms. The summed E-state index contributed by atoms with van der Waals surface area (Å²) >= 11 is 1.69. The average molecular weight is 441 g/mol. The highest BCUT2D eigenvalue weighted by molar-refractivity contribution is 7.15. The highest BCUT2D eigenvalue weighted by Crippen LogP contribution is 2.38. The molecule has 0 aliphatic heterocycles. The maximum Gasteiger partial charge on any atom is 0.203 e. The van der Waals surface area contributed by atoms with E-state index in [9.17, 15) is 0 Å². The van der Waals surface area contributed by atoms with Crippen molar-refractivity contribution in [2.75, 3.05) is 28.4 Å². The van der Waals surface area contributed by atoms with E-state index in [1.807, 2.05) is 37.3 Å². The number of benzene rings is 2. The summed E-state index contributed by atoms with van der Waals surface area (Å²) in [6.45, 7) is 3.23. The molecule has 0 saturated carbocycles. The van der Waals surface area contributed by atoms with Crippen LogP contribution in [-0.4, -0.2) is 39.3 Å². The van der Waals surface area contributed by atoms with Gasteiger partial charge in [0, 0.05) is 24.0 Å². The van der Waals surface area contributed by atoms with Crippen molar-refractivity contribution in [2.24, 2.45) is 4.99 Å². The minimum Gasteiger partial charge on any atom is -0.493 e. The molecule has 0 saturated heterocycles. The molecule has 0 radical (unpaired) electrons. The summed E-state index contributed by atoms with van der Waals surface area (Å²) in [4.78, 5) is 10.2. The van der Waals surface area contributed by atoms with Crippen molar-refractivity contribution in [3.05, 3.63) is 58.6 Å². The topological polar surface area (TPSA) is 77.0 Å². The first kappa shape index (κ1) is 22.4. The lowest BCUT2D eigenvalue weighted by molar-refractivity contribution is 0.323. The van der Waals surface area contributed by atoms with Gasteiger partial charge in [-0.2, -0.15) is 0 Å². The van der Waals surface area contributed by atoms with Gasteiger partial charge in [-0.15, -0.1) is 11.3 Å². The number of aliphatic imine (C=N–C) groups is 1. The summed E-state index contributed by atoms with van der Waals surface area (Å²) in [6, 6.07) is 14.1. The minimum atomic E-state index is 0.549. The zero-order valence-electron chi connectivity index (χ0n) is 18.5. The van der Waals surface area contributed by atoms with Crippen LogP contribution in [0, 0.1) is 6.92 Å². The van der Waals surface area contributed by atoms with Gasteiger partial charge in [0.05, 0.1) is 33.6 Å². The number of ether oxygens (including phenoxy) is 3. The molecule has 0 fully saturated rings. The molecule has 0 spiro atoms. The fourth-order valence-electron chi connectivity index (χ4n) is 3.10. The maximum atomic E-state index is 5.43. The van der Waals surface area contributed by atoms with E-state index in [-0.39, 0.29) is 0 Å². The molecule has 164 valence electrons. The Balaban J connectivity index is 1.64. The molecule has 31 heavy (non-hydrogen) atoms. The lowest BCUT2D eigenvalue weighted by Crippen LogP contribution is -2.36. The van der Waals surface area contributed by atoms with Crippen LogP contribution in [0.15, 0.2) is 47.5 Å². The number of rotatable bonds is 8. The van der Waals surface area contributed by atoms with Gasteiger partial charge >= 0.3 is 0 Å². The standard InChI is InChI=1S/C23H28N4O3S/c1-15-20(31-22(27-15)17-9-7-6-8-10-17)14-26-23(24-2)25-13-16-11-18(28-3)21(30-5)19(12-16)29-4/h6-12H,13-14H2,1-5H3,(H2,24,25,26). The molecule has 3 rings (SSSR count). The van der Waals surface area contributed by atoms with Gasteiger partial charge in [0.1, 0.15) is 5.01 Å². The molecule has 0 bridgehead atoms. The third-order valence-electron chi connectivity index (χ3n) is 4.74. The van der Waals surface area contributed by atoms with Gasteiger partial charge in [0.2, 0.25) is 5.75 Å². The lowest BCUT2D eigenvalue weighted by Gasteiger charge is -2.15. The Kier molecular flexibility index (Phi) is 7.72. The van der Waals surface area contributed by atoms with Gasteiger partial charge in [-0.3, -0.25) is 4.99 Å². The van der Waals surface area contributed by atoms with E-state index in [1.54, 1.807) is 39.7 Å². The van der Waals surface area contributed by atoms with Crippen LogP contribution in [0.5, 0.6) is 17.2 Å². The molecular formula is C23H28N4O3S. The van der Waals surface area contributed by atoms with Gasteiger partial charge in [-0.1, -0.05) is 30.3 Å². The molecule has 1 aromatic heterocycles. The second-order valence-electron chi connectivity index (χ2n) is 6.71. The number of methoxy groups -OCH3 is 3. The van der Waals surface area contributed by atoms with E-state index in [0.29, 0.717) is 36.3 Å². The SMILES string of the molecule is CN=C(NCc1cc(OC)c(OC)c(OC)c1)NCc1sc(-c2ccccc2)nc1C. The Morgan fingerprint density at radius 2 is 1.61 bits per heavy atom. The summed E-state index contributed by atoms with van der Waals surface area (Å²) in [6.07, 6.45) is 0. The summed E-state index contributed by atoms with van der Waals surface area (Å²) in [5.74, 6) is 2.51.